The maximum absolute atomic E-state index is 10.6. The van der Waals surface area contributed by atoms with E-state index >= 15 is 0 Å². The third-order valence-electron chi connectivity index (χ3n) is 1.75. The SMILES string of the molecule is O=Cc1cc2cc(C(=O)O)cnc2o1. The van der Waals surface area contributed by atoms with Crippen molar-refractivity contribution < 1.29 is 19.1 Å². The predicted molar refractivity (Wildman–Crippen MR) is 46.4 cm³/mol. The third kappa shape index (κ3) is 1.24. The fourth-order valence-corrected chi connectivity index (χ4v) is 1.13. The molecular formula is C9H5NO4. The molecule has 0 spiro atoms. The van der Waals surface area contributed by atoms with Crippen LogP contribution < -0.4 is 0 Å². The van der Waals surface area contributed by atoms with Gasteiger partial charge in [-0.1, -0.05) is 0 Å². The Morgan fingerprint density at radius 2 is 2.29 bits per heavy atom. The average Bonchev–Trinajstić information content (AvgIpc) is 2.58. The van der Waals surface area contributed by atoms with Crippen molar-refractivity contribution in [1.29, 1.82) is 0 Å². The zero-order valence-electron chi connectivity index (χ0n) is 6.93. The van der Waals surface area contributed by atoms with Crippen molar-refractivity contribution in [1.82, 2.24) is 4.98 Å². The van der Waals surface area contributed by atoms with Crippen LogP contribution in [0, 0.1) is 0 Å². The lowest BCUT2D eigenvalue weighted by molar-refractivity contribution is 0.0696. The Morgan fingerprint density at radius 1 is 1.50 bits per heavy atom. The van der Waals surface area contributed by atoms with Crippen LogP contribution in [0.25, 0.3) is 11.1 Å². The maximum Gasteiger partial charge on any atom is 0.337 e. The first-order chi connectivity index (χ1) is 6.70. The summed E-state index contributed by atoms with van der Waals surface area (Å²) in [4.78, 5) is 24.7. The summed E-state index contributed by atoms with van der Waals surface area (Å²) in [5, 5.41) is 9.17. The highest BCUT2D eigenvalue weighted by atomic mass is 16.4. The normalized spacial score (nSPS) is 10.3. The van der Waals surface area contributed by atoms with Crippen LogP contribution in [0.3, 0.4) is 0 Å². The molecule has 0 radical (unpaired) electrons. The van der Waals surface area contributed by atoms with E-state index in [2.05, 4.69) is 4.98 Å². The molecule has 5 nitrogen and oxygen atoms in total. The Labute approximate surface area is 78.0 Å². The molecule has 0 saturated heterocycles. The molecule has 0 aliphatic heterocycles. The second-order valence-corrected chi connectivity index (χ2v) is 2.69. The van der Waals surface area contributed by atoms with Gasteiger partial charge in [-0.15, -0.1) is 0 Å². The fourth-order valence-electron chi connectivity index (χ4n) is 1.13. The van der Waals surface area contributed by atoms with Gasteiger partial charge in [-0.05, 0) is 12.1 Å². The number of furan rings is 1. The molecule has 0 amide bonds. The van der Waals surface area contributed by atoms with Crippen molar-refractivity contribution >= 4 is 23.4 Å². The maximum atomic E-state index is 10.6. The molecule has 70 valence electrons. The van der Waals surface area contributed by atoms with Gasteiger partial charge in [0, 0.05) is 11.6 Å². The van der Waals surface area contributed by atoms with Crippen molar-refractivity contribution in [3.05, 3.63) is 29.7 Å². The lowest BCUT2D eigenvalue weighted by Gasteiger charge is -1.91. The molecule has 0 saturated carbocycles. The Balaban J connectivity index is 2.65. The Hall–Kier alpha value is -2.17. The zero-order chi connectivity index (χ0) is 10.1. The van der Waals surface area contributed by atoms with Crippen LogP contribution in [0.5, 0.6) is 0 Å². The zero-order valence-corrected chi connectivity index (χ0v) is 6.93. The highest BCUT2D eigenvalue weighted by Crippen LogP contribution is 2.17. The molecule has 0 atom stereocenters. The minimum Gasteiger partial charge on any atom is -0.478 e. The molecule has 5 heteroatoms. The second-order valence-electron chi connectivity index (χ2n) is 2.69. The number of hydrogen-bond donors (Lipinski definition) is 1. The van der Waals surface area contributed by atoms with Crippen molar-refractivity contribution in [3.8, 4) is 0 Å². The fraction of sp³-hybridized carbons (Fsp3) is 0. The molecule has 2 rings (SSSR count). The van der Waals surface area contributed by atoms with E-state index in [1.54, 1.807) is 0 Å². The number of hydrogen-bond acceptors (Lipinski definition) is 4. The molecule has 0 aliphatic rings. The number of carbonyl (C=O) groups excluding carboxylic acids is 1. The molecule has 0 aromatic carbocycles. The minimum absolute atomic E-state index is 0.0655. The number of rotatable bonds is 2. The molecule has 2 aromatic heterocycles. The second kappa shape index (κ2) is 2.95. The summed E-state index contributed by atoms with van der Waals surface area (Å²) in [6.07, 6.45) is 1.73. The van der Waals surface area contributed by atoms with Crippen LogP contribution in [0.2, 0.25) is 0 Å². The number of fused-ring (bicyclic) bond motifs is 1. The summed E-state index contributed by atoms with van der Waals surface area (Å²) in [6, 6.07) is 2.85. The molecular weight excluding hydrogens is 186 g/mol. The molecule has 2 heterocycles. The van der Waals surface area contributed by atoms with Gasteiger partial charge in [-0.25, -0.2) is 9.78 Å². The van der Waals surface area contributed by atoms with Gasteiger partial charge in [0.1, 0.15) is 0 Å². The number of carboxylic acid groups (broad SMARTS) is 1. The molecule has 0 unspecified atom stereocenters. The Bertz CT molecular complexity index is 515. The number of pyridine rings is 1. The lowest BCUT2D eigenvalue weighted by Crippen LogP contribution is -1.95. The number of carbonyl (C=O) groups is 2. The summed E-state index contributed by atoms with van der Waals surface area (Å²) in [5.74, 6) is -0.928. The molecule has 0 fully saturated rings. The average molecular weight is 191 g/mol. The lowest BCUT2D eigenvalue weighted by atomic mass is 10.2. The topological polar surface area (TPSA) is 80.4 Å². The minimum atomic E-state index is -1.06. The molecule has 0 aliphatic carbocycles. The molecule has 14 heavy (non-hydrogen) atoms. The van der Waals surface area contributed by atoms with Gasteiger partial charge in [0.2, 0.25) is 5.71 Å². The highest BCUT2D eigenvalue weighted by Gasteiger charge is 2.08. The summed E-state index contributed by atoms with van der Waals surface area (Å²) >= 11 is 0. The van der Waals surface area contributed by atoms with Gasteiger partial charge in [0.25, 0.3) is 0 Å². The van der Waals surface area contributed by atoms with Crippen molar-refractivity contribution in [2.24, 2.45) is 0 Å². The Kier molecular flexibility index (Phi) is 1.78. The monoisotopic (exact) mass is 191 g/mol. The highest BCUT2D eigenvalue weighted by molar-refractivity contribution is 5.92. The number of carboxylic acids is 1. The van der Waals surface area contributed by atoms with Gasteiger partial charge in [-0.2, -0.15) is 0 Å². The largest absolute Gasteiger partial charge is 0.478 e. The molecule has 2 aromatic rings. The van der Waals surface area contributed by atoms with E-state index < -0.39 is 5.97 Å². The van der Waals surface area contributed by atoms with E-state index in [4.69, 9.17) is 9.52 Å². The number of nitrogens with zero attached hydrogens (tertiary/aromatic N) is 1. The summed E-state index contributed by atoms with van der Waals surface area (Å²) in [5.41, 5.74) is 0.327. The molecule has 1 N–H and O–H groups in total. The van der Waals surface area contributed by atoms with E-state index in [-0.39, 0.29) is 17.0 Å². The summed E-state index contributed by atoms with van der Waals surface area (Å²) in [6.45, 7) is 0. The van der Waals surface area contributed by atoms with E-state index in [0.717, 1.165) is 0 Å². The predicted octanol–water partition coefficient (Wildman–Crippen LogP) is 1.34. The summed E-state index contributed by atoms with van der Waals surface area (Å²) in [7, 11) is 0. The quantitative estimate of drug-likeness (QED) is 0.724. The number of aromatic carboxylic acids is 1. The van der Waals surface area contributed by atoms with E-state index in [0.29, 0.717) is 11.7 Å². The van der Waals surface area contributed by atoms with Gasteiger partial charge in [0.05, 0.1) is 5.56 Å². The van der Waals surface area contributed by atoms with E-state index in [1.807, 2.05) is 0 Å². The van der Waals surface area contributed by atoms with Crippen molar-refractivity contribution in [2.75, 3.05) is 0 Å². The number of aldehydes is 1. The van der Waals surface area contributed by atoms with Crippen molar-refractivity contribution in [2.45, 2.75) is 0 Å². The first-order valence-electron chi connectivity index (χ1n) is 3.79. The van der Waals surface area contributed by atoms with Crippen molar-refractivity contribution in [3.63, 3.8) is 0 Å². The number of aromatic nitrogens is 1. The van der Waals surface area contributed by atoms with E-state index in [1.165, 1.54) is 18.3 Å². The van der Waals surface area contributed by atoms with E-state index in [9.17, 15) is 9.59 Å². The van der Waals surface area contributed by atoms with Crippen LogP contribution in [-0.4, -0.2) is 22.3 Å². The summed E-state index contributed by atoms with van der Waals surface area (Å²) < 4.78 is 4.98. The van der Waals surface area contributed by atoms with Gasteiger partial charge < -0.3 is 9.52 Å². The third-order valence-corrected chi connectivity index (χ3v) is 1.75. The van der Waals surface area contributed by atoms with Crippen LogP contribution in [0.15, 0.2) is 22.7 Å². The Morgan fingerprint density at radius 3 is 2.93 bits per heavy atom. The van der Waals surface area contributed by atoms with Crippen LogP contribution in [0.4, 0.5) is 0 Å². The first kappa shape index (κ1) is 8.43. The van der Waals surface area contributed by atoms with Crippen LogP contribution in [-0.2, 0) is 0 Å². The standard InChI is InChI=1S/C9H5NO4/c11-4-7-2-5-1-6(9(12)13)3-10-8(5)14-7/h1-4H,(H,12,13). The van der Waals surface area contributed by atoms with Gasteiger partial charge in [-0.3, -0.25) is 4.79 Å². The van der Waals surface area contributed by atoms with Gasteiger partial charge >= 0.3 is 5.97 Å². The van der Waals surface area contributed by atoms with Crippen LogP contribution >= 0.6 is 0 Å². The van der Waals surface area contributed by atoms with Crippen LogP contribution in [0.1, 0.15) is 20.9 Å². The van der Waals surface area contributed by atoms with Gasteiger partial charge in [0.15, 0.2) is 12.0 Å². The molecule has 0 bridgehead atoms. The smallest absolute Gasteiger partial charge is 0.337 e. The first-order valence-corrected chi connectivity index (χ1v) is 3.79.